The van der Waals surface area contributed by atoms with Crippen molar-refractivity contribution in [2.75, 3.05) is 13.6 Å². The number of rotatable bonds is 6. The molecule has 1 fully saturated rings. The molecule has 1 aromatic carbocycles. The SMILES string of the molecule is CN(CC(=O)NC1CCC(C(=O)O)CC1)S(=O)(=O)c1ccccc1. The Kier molecular flexibility index (Phi) is 5.95. The number of carbonyl (C=O) groups is 2. The van der Waals surface area contributed by atoms with Crippen molar-refractivity contribution in [1.82, 2.24) is 9.62 Å². The lowest BCUT2D eigenvalue weighted by molar-refractivity contribution is -0.142. The van der Waals surface area contributed by atoms with Crippen molar-refractivity contribution in [3.8, 4) is 0 Å². The first-order chi connectivity index (χ1) is 11.3. The van der Waals surface area contributed by atoms with Crippen molar-refractivity contribution in [3.63, 3.8) is 0 Å². The van der Waals surface area contributed by atoms with Crippen molar-refractivity contribution in [2.45, 2.75) is 36.6 Å². The highest BCUT2D eigenvalue weighted by molar-refractivity contribution is 7.89. The van der Waals surface area contributed by atoms with E-state index in [-0.39, 0.29) is 29.3 Å². The molecule has 0 radical (unpaired) electrons. The van der Waals surface area contributed by atoms with Crippen LogP contribution in [0.25, 0.3) is 0 Å². The van der Waals surface area contributed by atoms with Gasteiger partial charge in [-0.15, -0.1) is 0 Å². The Hall–Kier alpha value is -1.93. The van der Waals surface area contributed by atoms with Gasteiger partial charge in [0.15, 0.2) is 0 Å². The third kappa shape index (κ3) is 4.55. The molecule has 0 bridgehead atoms. The third-order valence-corrected chi connectivity index (χ3v) is 6.08. The molecule has 1 saturated carbocycles. The molecule has 7 nitrogen and oxygen atoms in total. The van der Waals surface area contributed by atoms with Crippen LogP contribution >= 0.6 is 0 Å². The van der Waals surface area contributed by atoms with Gasteiger partial charge in [0.25, 0.3) is 0 Å². The van der Waals surface area contributed by atoms with E-state index in [0.29, 0.717) is 25.7 Å². The van der Waals surface area contributed by atoms with Gasteiger partial charge in [-0.3, -0.25) is 9.59 Å². The highest BCUT2D eigenvalue weighted by atomic mass is 32.2. The second kappa shape index (κ2) is 7.76. The van der Waals surface area contributed by atoms with E-state index in [2.05, 4.69) is 5.32 Å². The molecular weight excluding hydrogens is 332 g/mol. The van der Waals surface area contributed by atoms with E-state index in [9.17, 15) is 18.0 Å². The maximum atomic E-state index is 12.4. The number of carboxylic acids is 1. The number of benzene rings is 1. The van der Waals surface area contributed by atoms with E-state index < -0.39 is 16.0 Å². The summed E-state index contributed by atoms with van der Waals surface area (Å²) >= 11 is 0. The van der Waals surface area contributed by atoms with E-state index in [0.717, 1.165) is 4.31 Å². The predicted octanol–water partition coefficient (Wildman–Crippen LogP) is 1.07. The van der Waals surface area contributed by atoms with Crippen LogP contribution in [0.4, 0.5) is 0 Å². The highest BCUT2D eigenvalue weighted by Crippen LogP contribution is 2.24. The van der Waals surface area contributed by atoms with Crippen LogP contribution in [0.2, 0.25) is 0 Å². The minimum atomic E-state index is -3.70. The Morgan fingerprint density at radius 2 is 1.75 bits per heavy atom. The Bertz CT molecular complexity index is 682. The lowest BCUT2D eigenvalue weighted by atomic mass is 9.86. The molecule has 2 N–H and O–H groups in total. The third-order valence-electron chi connectivity index (χ3n) is 4.26. The summed E-state index contributed by atoms with van der Waals surface area (Å²) in [6, 6.07) is 7.84. The van der Waals surface area contributed by atoms with E-state index in [1.165, 1.54) is 19.2 Å². The smallest absolute Gasteiger partial charge is 0.306 e. The largest absolute Gasteiger partial charge is 0.481 e. The van der Waals surface area contributed by atoms with Gasteiger partial charge in [0.1, 0.15) is 0 Å². The highest BCUT2D eigenvalue weighted by Gasteiger charge is 2.28. The zero-order chi connectivity index (χ0) is 17.7. The fourth-order valence-corrected chi connectivity index (χ4v) is 3.97. The van der Waals surface area contributed by atoms with Crippen LogP contribution in [-0.4, -0.2) is 49.3 Å². The second-order valence-corrected chi connectivity index (χ2v) is 8.07. The number of aliphatic carboxylic acids is 1. The zero-order valence-corrected chi connectivity index (χ0v) is 14.3. The Morgan fingerprint density at radius 1 is 1.17 bits per heavy atom. The Morgan fingerprint density at radius 3 is 2.29 bits per heavy atom. The normalized spacial score (nSPS) is 21.4. The molecule has 2 rings (SSSR count). The molecule has 1 aliphatic carbocycles. The maximum absolute atomic E-state index is 12.4. The number of amides is 1. The van der Waals surface area contributed by atoms with Crippen LogP contribution in [-0.2, 0) is 19.6 Å². The van der Waals surface area contributed by atoms with Crippen LogP contribution < -0.4 is 5.32 Å². The topological polar surface area (TPSA) is 104 Å². The molecule has 0 heterocycles. The van der Waals surface area contributed by atoms with Crippen molar-refractivity contribution in [1.29, 1.82) is 0 Å². The molecular formula is C16H22N2O5S. The summed E-state index contributed by atoms with van der Waals surface area (Å²) in [6.45, 7) is -0.268. The van der Waals surface area contributed by atoms with E-state index in [1.807, 2.05) is 0 Å². The molecule has 0 aliphatic heterocycles. The van der Waals surface area contributed by atoms with Gasteiger partial charge in [-0.05, 0) is 37.8 Å². The first kappa shape index (κ1) is 18.4. The van der Waals surface area contributed by atoms with Gasteiger partial charge < -0.3 is 10.4 Å². The molecule has 1 aromatic rings. The molecule has 0 atom stereocenters. The zero-order valence-electron chi connectivity index (χ0n) is 13.5. The first-order valence-corrected chi connectivity index (χ1v) is 9.28. The van der Waals surface area contributed by atoms with Crippen LogP contribution in [0.3, 0.4) is 0 Å². The Balaban J connectivity index is 1.87. The molecule has 1 amide bonds. The molecule has 1 aliphatic rings. The number of carboxylic acid groups (broad SMARTS) is 1. The standard InChI is InChI=1S/C16H22N2O5S/c1-18(24(22,23)14-5-3-2-4-6-14)11-15(19)17-13-9-7-12(8-10-13)16(20)21/h2-6,12-13H,7-11H2,1H3,(H,17,19)(H,20,21). The number of hydrogen-bond acceptors (Lipinski definition) is 4. The average Bonchev–Trinajstić information content (AvgIpc) is 2.56. The Labute approximate surface area is 141 Å². The minimum Gasteiger partial charge on any atom is -0.481 e. The summed E-state index contributed by atoms with van der Waals surface area (Å²) in [5, 5.41) is 11.8. The summed E-state index contributed by atoms with van der Waals surface area (Å²) in [5.41, 5.74) is 0. The van der Waals surface area contributed by atoms with Crippen molar-refractivity contribution >= 4 is 21.9 Å². The number of hydrogen-bond donors (Lipinski definition) is 2. The number of nitrogens with zero attached hydrogens (tertiary/aromatic N) is 1. The fraction of sp³-hybridized carbons (Fsp3) is 0.500. The molecule has 8 heteroatoms. The molecule has 0 saturated heterocycles. The van der Waals surface area contributed by atoms with E-state index in [4.69, 9.17) is 5.11 Å². The van der Waals surface area contributed by atoms with Crippen molar-refractivity contribution in [2.24, 2.45) is 5.92 Å². The van der Waals surface area contributed by atoms with Crippen LogP contribution in [0, 0.1) is 5.92 Å². The summed E-state index contributed by atoms with van der Waals surface area (Å²) in [7, 11) is -2.34. The van der Waals surface area contributed by atoms with Crippen LogP contribution in [0.1, 0.15) is 25.7 Å². The van der Waals surface area contributed by atoms with Crippen LogP contribution in [0.5, 0.6) is 0 Å². The number of nitrogens with one attached hydrogen (secondary N) is 1. The second-order valence-electron chi connectivity index (χ2n) is 6.03. The van der Waals surface area contributed by atoms with Crippen molar-refractivity contribution in [3.05, 3.63) is 30.3 Å². The van der Waals surface area contributed by atoms with Gasteiger partial charge in [-0.2, -0.15) is 4.31 Å². The van der Waals surface area contributed by atoms with Crippen LogP contribution in [0.15, 0.2) is 35.2 Å². The monoisotopic (exact) mass is 354 g/mol. The summed E-state index contributed by atoms with van der Waals surface area (Å²) in [4.78, 5) is 23.1. The van der Waals surface area contributed by atoms with Gasteiger partial charge in [0.2, 0.25) is 15.9 Å². The number of likely N-dealkylation sites (N-methyl/N-ethyl adjacent to an activating group) is 1. The van der Waals surface area contributed by atoms with E-state index >= 15 is 0 Å². The molecule has 0 unspecified atom stereocenters. The first-order valence-electron chi connectivity index (χ1n) is 7.84. The van der Waals surface area contributed by atoms with Gasteiger partial charge in [-0.1, -0.05) is 18.2 Å². The van der Waals surface area contributed by atoms with Gasteiger partial charge in [0.05, 0.1) is 17.4 Å². The van der Waals surface area contributed by atoms with Gasteiger partial charge >= 0.3 is 5.97 Å². The van der Waals surface area contributed by atoms with Gasteiger partial charge in [0, 0.05) is 13.1 Å². The molecule has 0 aromatic heterocycles. The number of carbonyl (C=O) groups excluding carboxylic acids is 1. The predicted molar refractivity (Wildman–Crippen MR) is 87.8 cm³/mol. The average molecular weight is 354 g/mol. The fourth-order valence-electron chi connectivity index (χ4n) is 2.82. The molecule has 132 valence electrons. The molecule has 0 spiro atoms. The summed E-state index contributed by atoms with van der Waals surface area (Å²) in [6.07, 6.45) is 2.24. The van der Waals surface area contributed by atoms with Crippen molar-refractivity contribution < 1.29 is 23.1 Å². The minimum absolute atomic E-state index is 0.0964. The van der Waals surface area contributed by atoms with Gasteiger partial charge in [-0.25, -0.2) is 8.42 Å². The van der Waals surface area contributed by atoms with E-state index in [1.54, 1.807) is 18.2 Å². The summed E-state index contributed by atoms with van der Waals surface area (Å²) in [5.74, 6) is -1.52. The lowest BCUT2D eigenvalue weighted by Gasteiger charge is -2.27. The number of sulfonamides is 1. The maximum Gasteiger partial charge on any atom is 0.306 e. The molecule has 24 heavy (non-hydrogen) atoms. The summed E-state index contributed by atoms with van der Waals surface area (Å²) < 4.78 is 25.7. The quantitative estimate of drug-likeness (QED) is 0.795. The lowest BCUT2D eigenvalue weighted by Crippen LogP contribution is -2.44.